The van der Waals surface area contributed by atoms with Gasteiger partial charge >= 0.3 is 6.09 Å². The molecule has 0 aromatic carbocycles. The number of ether oxygens (including phenoxy) is 1. The van der Waals surface area contributed by atoms with Crippen LogP contribution in [-0.4, -0.2) is 36.8 Å². The van der Waals surface area contributed by atoms with E-state index in [0.29, 0.717) is 12.5 Å². The Kier molecular flexibility index (Phi) is 3.87. The number of likely N-dealkylation sites (tertiary alicyclic amines) is 1. The van der Waals surface area contributed by atoms with Gasteiger partial charge in [0.2, 0.25) is 0 Å². The molecule has 1 N–H and O–H groups in total. The standard InChI is InChI=1S/C15H24N2O3/c1-19-14(18)17-9-5-8-15(11-17)10-13(16-20-15)12-6-3-2-4-7-12/h10,12,16H,2-9,11H2,1H3. The number of hydroxylamine groups is 1. The first-order chi connectivity index (χ1) is 9.72. The lowest BCUT2D eigenvalue weighted by Gasteiger charge is -2.36. The highest BCUT2D eigenvalue weighted by atomic mass is 16.7. The van der Waals surface area contributed by atoms with Crippen LogP contribution in [0, 0.1) is 5.92 Å². The van der Waals surface area contributed by atoms with Crippen LogP contribution in [0.2, 0.25) is 0 Å². The number of methoxy groups -OCH3 is 1. The van der Waals surface area contributed by atoms with Gasteiger partial charge in [-0.2, -0.15) is 0 Å². The molecule has 0 radical (unpaired) electrons. The second-order valence-electron chi connectivity index (χ2n) is 6.20. The molecule has 1 saturated heterocycles. The van der Waals surface area contributed by atoms with E-state index in [0.717, 1.165) is 19.4 Å². The molecule has 1 spiro atoms. The summed E-state index contributed by atoms with van der Waals surface area (Å²) in [6, 6.07) is 0. The van der Waals surface area contributed by atoms with E-state index in [1.807, 2.05) is 0 Å². The number of hydrogen-bond acceptors (Lipinski definition) is 4. The molecule has 1 amide bonds. The average molecular weight is 280 g/mol. The minimum atomic E-state index is -0.348. The number of piperidine rings is 1. The fourth-order valence-electron chi connectivity index (χ4n) is 3.65. The summed E-state index contributed by atoms with van der Waals surface area (Å²) in [6.07, 6.45) is 10.4. The smallest absolute Gasteiger partial charge is 0.409 e. The highest BCUT2D eigenvalue weighted by molar-refractivity contribution is 5.67. The van der Waals surface area contributed by atoms with Gasteiger partial charge in [-0.05, 0) is 31.8 Å². The molecule has 1 aliphatic carbocycles. The van der Waals surface area contributed by atoms with E-state index in [1.54, 1.807) is 4.90 Å². The molecule has 0 bridgehead atoms. The third-order valence-electron chi connectivity index (χ3n) is 4.75. The Bertz CT molecular complexity index is 404. The molecule has 1 unspecified atom stereocenters. The van der Waals surface area contributed by atoms with E-state index < -0.39 is 0 Å². The summed E-state index contributed by atoms with van der Waals surface area (Å²) in [7, 11) is 1.43. The van der Waals surface area contributed by atoms with Crippen molar-refractivity contribution in [3.05, 3.63) is 11.8 Å². The minimum Gasteiger partial charge on any atom is -0.453 e. The summed E-state index contributed by atoms with van der Waals surface area (Å²) in [5, 5.41) is 0. The number of nitrogens with one attached hydrogen (secondary N) is 1. The Balaban J connectivity index is 1.69. The van der Waals surface area contributed by atoms with Crippen molar-refractivity contribution in [3.8, 4) is 0 Å². The first-order valence-corrected chi connectivity index (χ1v) is 7.72. The Morgan fingerprint density at radius 1 is 1.40 bits per heavy atom. The molecular formula is C15H24N2O3. The van der Waals surface area contributed by atoms with Crippen molar-refractivity contribution < 1.29 is 14.4 Å². The van der Waals surface area contributed by atoms with Crippen LogP contribution in [0.3, 0.4) is 0 Å². The largest absolute Gasteiger partial charge is 0.453 e. The molecule has 3 aliphatic rings. The van der Waals surface area contributed by atoms with E-state index in [2.05, 4.69) is 11.6 Å². The maximum absolute atomic E-state index is 11.7. The van der Waals surface area contributed by atoms with Crippen molar-refractivity contribution in [1.82, 2.24) is 10.4 Å². The lowest BCUT2D eigenvalue weighted by molar-refractivity contribution is -0.0774. The van der Waals surface area contributed by atoms with Gasteiger partial charge in [0.1, 0.15) is 5.60 Å². The number of hydrogen-bond donors (Lipinski definition) is 1. The first kappa shape index (κ1) is 13.7. The fourth-order valence-corrected chi connectivity index (χ4v) is 3.65. The summed E-state index contributed by atoms with van der Waals surface area (Å²) in [5.74, 6) is 0.608. The maximum atomic E-state index is 11.7. The van der Waals surface area contributed by atoms with Crippen LogP contribution in [0.1, 0.15) is 44.9 Å². The number of rotatable bonds is 1. The van der Waals surface area contributed by atoms with Crippen molar-refractivity contribution in [2.45, 2.75) is 50.5 Å². The van der Waals surface area contributed by atoms with Gasteiger partial charge in [-0.25, -0.2) is 4.79 Å². The van der Waals surface area contributed by atoms with Gasteiger partial charge in [-0.15, -0.1) is 0 Å². The zero-order chi connectivity index (χ0) is 14.0. The topological polar surface area (TPSA) is 50.8 Å². The zero-order valence-electron chi connectivity index (χ0n) is 12.2. The second kappa shape index (κ2) is 5.64. The molecule has 5 heteroatoms. The number of carbonyl (C=O) groups is 1. The lowest BCUT2D eigenvalue weighted by atomic mass is 9.84. The zero-order valence-corrected chi connectivity index (χ0v) is 12.2. The van der Waals surface area contributed by atoms with Gasteiger partial charge in [0.15, 0.2) is 0 Å². The van der Waals surface area contributed by atoms with Gasteiger partial charge in [0, 0.05) is 18.2 Å². The highest BCUT2D eigenvalue weighted by Gasteiger charge is 2.42. The molecule has 1 saturated carbocycles. The maximum Gasteiger partial charge on any atom is 0.409 e. The van der Waals surface area contributed by atoms with Gasteiger partial charge < -0.3 is 9.64 Å². The molecule has 5 nitrogen and oxygen atoms in total. The van der Waals surface area contributed by atoms with E-state index >= 15 is 0 Å². The van der Waals surface area contributed by atoms with Crippen molar-refractivity contribution >= 4 is 6.09 Å². The minimum absolute atomic E-state index is 0.257. The molecule has 112 valence electrons. The average Bonchev–Trinajstić information content (AvgIpc) is 2.91. The predicted octanol–water partition coefficient (Wildman–Crippen LogP) is 2.59. The summed E-state index contributed by atoms with van der Waals surface area (Å²) >= 11 is 0. The van der Waals surface area contributed by atoms with Crippen molar-refractivity contribution in [2.75, 3.05) is 20.2 Å². The molecule has 0 aromatic heterocycles. The number of carbonyl (C=O) groups excluding carboxylic acids is 1. The van der Waals surface area contributed by atoms with Crippen molar-refractivity contribution in [3.63, 3.8) is 0 Å². The molecule has 20 heavy (non-hydrogen) atoms. The van der Waals surface area contributed by atoms with E-state index in [1.165, 1.54) is 44.9 Å². The van der Waals surface area contributed by atoms with E-state index in [-0.39, 0.29) is 11.7 Å². The summed E-state index contributed by atoms with van der Waals surface area (Å²) < 4.78 is 4.83. The quantitative estimate of drug-likeness (QED) is 0.802. The molecule has 2 fully saturated rings. The van der Waals surface area contributed by atoms with E-state index in [4.69, 9.17) is 9.57 Å². The van der Waals surface area contributed by atoms with Crippen LogP contribution in [0.4, 0.5) is 4.79 Å². The molecule has 1 atom stereocenters. The number of allylic oxidation sites excluding steroid dienone is 1. The monoisotopic (exact) mass is 280 g/mol. The van der Waals surface area contributed by atoms with Gasteiger partial charge in [0.25, 0.3) is 0 Å². The third kappa shape index (κ3) is 2.64. The first-order valence-electron chi connectivity index (χ1n) is 7.72. The Hall–Kier alpha value is -1.23. The third-order valence-corrected chi connectivity index (χ3v) is 4.75. The normalized spacial score (nSPS) is 31.1. The molecule has 3 rings (SSSR count). The summed E-state index contributed by atoms with van der Waals surface area (Å²) in [4.78, 5) is 19.3. The molecule has 2 aliphatic heterocycles. The predicted molar refractivity (Wildman–Crippen MR) is 74.8 cm³/mol. The Morgan fingerprint density at radius 3 is 2.95 bits per heavy atom. The fraction of sp³-hybridized carbons (Fsp3) is 0.800. The highest BCUT2D eigenvalue weighted by Crippen LogP contribution is 2.36. The molecule has 2 heterocycles. The van der Waals surface area contributed by atoms with Gasteiger partial charge in [-0.3, -0.25) is 10.3 Å². The van der Waals surface area contributed by atoms with Crippen LogP contribution < -0.4 is 5.48 Å². The van der Waals surface area contributed by atoms with Gasteiger partial charge in [-0.1, -0.05) is 19.3 Å². The van der Waals surface area contributed by atoms with Crippen LogP contribution in [0.15, 0.2) is 11.8 Å². The summed E-state index contributed by atoms with van der Waals surface area (Å²) in [6.45, 7) is 1.34. The van der Waals surface area contributed by atoms with Crippen LogP contribution in [-0.2, 0) is 9.57 Å². The lowest BCUT2D eigenvalue weighted by Crippen LogP contribution is -2.50. The Labute approximate surface area is 120 Å². The van der Waals surface area contributed by atoms with Crippen LogP contribution >= 0.6 is 0 Å². The van der Waals surface area contributed by atoms with Crippen LogP contribution in [0.25, 0.3) is 0 Å². The summed E-state index contributed by atoms with van der Waals surface area (Å²) in [5.41, 5.74) is 4.03. The van der Waals surface area contributed by atoms with Crippen molar-refractivity contribution in [2.24, 2.45) is 5.92 Å². The van der Waals surface area contributed by atoms with Crippen LogP contribution in [0.5, 0.6) is 0 Å². The van der Waals surface area contributed by atoms with Gasteiger partial charge in [0.05, 0.1) is 13.7 Å². The SMILES string of the molecule is COC(=O)N1CCCC2(C=C(C3CCCCC3)NO2)C1. The Morgan fingerprint density at radius 2 is 2.20 bits per heavy atom. The molecular weight excluding hydrogens is 256 g/mol. The second-order valence-corrected chi connectivity index (χ2v) is 6.20. The van der Waals surface area contributed by atoms with Crippen molar-refractivity contribution in [1.29, 1.82) is 0 Å². The number of amides is 1. The number of nitrogens with zero attached hydrogens (tertiary/aromatic N) is 1. The molecule has 0 aromatic rings. The van der Waals surface area contributed by atoms with E-state index in [9.17, 15) is 4.79 Å².